The fourth-order valence-electron chi connectivity index (χ4n) is 4.35. The van der Waals surface area contributed by atoms with Crippen LogP contribution in [0.3, 0.4) is 0 Å². The molecule has 142 valence electrons. The molecule has 3 aliphatic carbocycles. The molecule has 0 aromatic carbocycles. The van der Waals surface area contributed by atoms with E-state index in [2.05, 4.69) is 15.7 Å². The van der Waals surface area contributed by atoms with Crippen LogP contribution in [0, 0.1) is 23.7 Å². The lowest BCUT2D eigenvalue weighted by atomic mass is 9.79. The van der Waals surface area contributed by atoms with Gasteiger partial charge in [-0.2, -0.15) is 5.10 Å². The molecule has 1 aromatic rings. The van der Waals surface area contributed by atoms with Crippen molar-refractivity contribution in [1.82, 2.24) is 20.4 Å². The Morgan fingerprint density at radius 3 is 2.65 bits per heavy atom. The number of nitrogens with one attached hydrogen (secondary N) is 2. The van der Waals surface area contributed by atoms with E-state index in [1.807, 2.05) is 13.1 Å². The van der Waals surface area contributed by atoms with Crippen LogP contribution in [0.25, 0.3) is 0 Å². The third-order valence-electron chi connectivity index (χ3n) is 6.76. The second kappa shape index (κ2) is 6.71. The van der Waals surface area contributed by atoms with Gasteiger partial charge in [0.05, 0.1) is 6.20 Å². The molecule has 4 rings (SSSR count). The lowest BCUT2D eigenvalue weighted by Crippen LogP contribution is -2.35. The van der Waals surface area contributed by atoms with Gasteiger partial charge in [-0.15, -0.1) is 0 Å². The van der Waals surface area contributed by atoms with Gasteiger partial charge < -0.3 is 10.6 Å². The van der Waals surface area contributed by atoms with Crippen molar-refractivity contribution < 1.29 is 9.59 Å². The minimum atomic E-state index is 0.0721. The first-order chi connectivity index (χ1) is 12.5. The van der Waals surface area contributed by atoms with E-state index in [-0.39, 0.29) is 23.1 Å². The molecule has 6 heteroatoms. The lowest BCUT2D eigenvalue weighted by molar-refractivity contribution is -0.124. The summed E-state index contributed by atoms with van der Waals surface area (Å²) in [6.45, 7) is 4.08. The first-order valence-corrected chi connectivity index (χ1v) is 10.0. The van der Waals surface area contributed by atoms with Crippen LogP contribution in [0.15, 0.2) is 12.4 Å². The zero-order valence-electron chi connectivity index (χ0n) is 15.7. The lowest BCUT2D eigenvalue weighted by Gasteiger charge is -2.26. The molecule has 2 amide bonds. The van der Waals surface area contributed by atoms with E-state index in [1.54, 1.807) is 10.9 Å². The van der Waals surface area contributed by atoms with E-state index in [0.29, 0.717) is 24.9 Å². The van der Waals surface area contributed by atoms with Gasteiger partial charge in [-0.05, 0) is 61.8 Å². The van der Waals surface area contributed by atoms with Crippen LogP contribution in [0.1, 0.15) is 56.9 Å². The average molecular weight is 358 g/mol. The van der Waals surface area contributed by atoms with Crippen LogP contribution in [-0.4, -0.2) is 34.7 Å². The van der Waals surface area contributed by atoms with Crippen molar-refractivity contribution in [2.45, 2.75) is 64.8 Å². The molecular formula is C20H30N4O2. The summed E-state index contributed by atoms with van der Waals surface area (Å²) in [6.07, 6.45) is 12.4. The van der Waals surface area contributed by atoms with E-state index in [4.69, 9.17) is 0 Å². The fraction of sp³-hybridized carbons (Fsp3) is 0.750. The summed E-state index contributed by atoms with van der Waals surface area (Å²) in [7, 11) is 0. The van der Waals surface area contributed by atoms with Crippen LogP contribution in [0.4, 0.5) is 0 Å². The Hall–Kier alpha value is -1.85. The maximum Gasteiger partial charge on any atom is 0.223 e. The molecule has 6 nitrogen and oxygen atoms in total. The number of aromatic nitrogens is 2. The molecule has 0 radical (unpaired) electrons. The number of carbonyl (C=O) groups is 2. The monoisotopic (exact) mass is 358 g/mol. The van der Waals surface area contributed by atoms with Gasteiger partial charge in [0.15, 0.2) is 0 Å². The molecule has 2 N–H and O–H groups in total. The number of carbonyl (C=O) groups excluding carboxylic acids is 2. The standard InChI is InChI=1S/C20H30N4O2/c1-15-12-23-24(13-15)10-3-17(25)21-9-8-19(6-7-19)14-22-18(26)16-11-20(16)4-2-5-20/h12-13,16H,2-11,14H2,1H3,(H,21,25)(H,22,26). The predicted molar refractivity (Wildman–Crippen MR) is 98.3 cm³/mol. The first-order valence-electron chi connectivity index (χ1n) is 10.0. The second-order valence-corrected chi connectivity index (χ2v) is 8.82. The average Bonchev–Trinajstić information content (AvgIpc) is 3.48. The third-order valence-corrected chi connectivity index (χ3v) is 6.76. The van der Waals surface area contributed by atoms with Gasteiger partial charge >= 0.3 is 0 Å². The van der Waals surface area contributed by atoms with E-state index >= 15 is 0 Å². The summed E-state index contributed by atoms with van der Waals surface area (Å²) in [5, 5.41) is 10.4. The summed E-state index contributed by atoms with van der Waals surface area (Å²) in [4.78, 5) is 24.3. The highest BCUT2D eigenvalue weighted by atomic mass is 16.2. The molecular weight excluding hydrogens is 328 g/mol. The van der Waals surface area contributed by atoms with Gasteiger partial charge in [-0.1, -0.05) is 6.42 Å². The van der Waals surface area contributed by atoms with Crippen LogP contribution < -0.4 is 10.6 Å². The zero-order chi connectivity index (χ0) is 18.2. The molecule has 0 saturated heterocycles. The maximum atomic E-state index is 12.3. The molecule has 1 spiro atoms. The Bertz CT molecular complexity index is 688. The number of hydrogen-bond donors (Lipinski definition) is 2. The Balaban J connectivity index is 1.11. The summed E-state index contributed by atoms with van der Waals surface area (Å²) in [5.74, 6) is 0.634. The highest BCUT2D eigenvalue weighted by molar-refractivity contribution is 5.82. The highest BCUT2D eigenvalue weighted by Gasteiger charge is 2.61. The van der Waals surface area contributed by atoms with Crippen LogP contribution >= 0.6 is 0 Å². The topological polar surface area (TPSA) is 76.0 Å². The van der Waals surface area contributed by atoms with E-state index in [9.17, 15) is 9.59 Å². The number of aryl methyl sites for hydroxylation is 2. The maximum absolute atomic E-state index is 12.3. The summed E-state index contributed by atoms with van der Waals surface area (Å²) in [5.41, 5.74) is 1.74. The summed E-state index contributed by atoms with van der Waals surface area (Å²) in [6, 6.07) is 0. The van der Waals surface area contributed by atoms with Crippen molar-refractivity contribution in [3.8, 4) is 0 Å². The highest BCUT2D eigenvalue weighted by Crippen LogP contribution is 2.65. The van der Waals surface area contributed by atoms with Crippen LogP contribution in [0.5, 0.6) is 0 Å². The largest absolute Gasteiger partial charge is 0.356 e. The van der Waals surface area contributed by atoms with Gasteiger partial charge in [-0.25, -0.2) is 0 Å². The van der Waals surface area contributed by atoms with Crippen LogP contribution in [-0.2, 0) is 16.1 Å². The molecule has 1 unspecified atom stereocenters. The summed E-state index contributed by atoms with van der Waals surface area (Å²) < 4.78 is 1.81. The Labute approximate surface area is 155 Å². The Morgan fingerprint density at radius 2 is 2.08 bits per heavy atom. The second-order valence-electron chi connectivity index (χ2n) is 8.82. The molecule has 26 heavy (non-hydrogen) atoms. The molecule has 0 aliphatic heterocycles. The van der Waals surface area contributed by atoms with Crippen molar-refractivity contribution >= 4 is 11.8 Å². The quantitative estimate of drug-likeness (QED) is 0.710. The first kappa shape index (κ1) is 17.6. The van der Waals surface area contributed by atoms with Gasteiger partial charge in [0.2, 0.25) is 11.8 Å². The van der Waals surface area contributed by atoms with E-state index in [0.717, 1.165) is 37.8 Å². The van der Waals surface area contributed by atoms with Gasteiger partial charge in [0, 0.05) is 38.2 Å². The number of nitrogens with zero attached hydrogens (tertiary/aromatic N) is 2. The van der Waals surface area contributed by atoms with Crippen molar-refractivity contribution in [3.05, 3.63) is 18.0 Å². The minimum absolute atomic E-state index is 0.0721. The number of rotatable bonds is 9. The SMILES string of the molecule is Cc1cnn(CCC(=O)NCCC2(CNC(=O)C3CC34CCC4)CC2)c1. The minimum Gasteiger partial charge on any atom is -0.356 e. The third kappa shape index (κ3) is 3.79. The van der Waals surface area contributed by atoms with E-state index in [1.165, 1.54) is 19.3 Å². The van der Waals surface area contributed by atoms with Crippen molar-refractivity contribution in [2.24, 2.45) is 16.7 Å². The Morgan fingerprint density at radius 1 is 1.27 bits per heavy atom. The molecule has 1 heterocycles. The smallest absolute Gasteiger partial charge is 0.223 e. The predicted octanol–water partition coefficient (Wildman–Crippen LogP) is 2.17. The van der Waals surface area contributed by atoms with E-state index < -0.39 is 0 Å². The normalized spacial score (nSPS) is 24.0. The molecule has 1 atom stereocenters. The van der Waals surface area contributed by atoms with Gasteiger partial charge in [0.25, 0.3) is 0 Å². The van der Waals surface area contributed by atoms with Gasteiger partial charge in [0.1, 0.15) is 0 Å². The van der Waals surface area contributed by atoms with Crippen molar-refractivity contribution in [3.63, 3.8) is 0 Å². The molecule has 3 saturated carbocycles. The number of hydrogen-bond acceptors (Lipinski definition) is 3. The summed E-state index contributed by atoms with van der Waals surface area (Å²) >= 11 is 0. The fourth-order valence-corrected chi connectivity index (χ4v) is 4.35. The number of amides is 2. The molecule has 0 bridgehead atoms. The molecule has 1 aromatic heterocycles. The van der Waals surface area contributed by atoms with Crippen molar-refractivity contribution in [1.29, 1.82) is 0 Å². The molecule has 3 fully saturated rings. The zero-order valence-corrected chi connectivity index (χ0v) is 15.7. The van der Waals surface area contributed by atoms with Crippen molar-refractivity contribution in [2.75, 3.05) is 13.1 Å². The van der Waals surface area contributed by atoms with Gasteiger partial charge in [-0.3, -0.25) is 14.3 Å². The Kier molecular flexibility index (Phi) is 4.53. The molecule has 3 aliphatic rings. The van der Waals surface area contributed by atoms with Crippen LogP contribution in [0.2, 0.25) is 0 Å².